The monoisotopic (exact) mass is 414 g/mol. The number of rotatable bonds is 19. The minimum Gasteiger partial charge on any atom is -0.481 e. The van der Waals surface area contributed by atoms with Crippen molar-refractivity contribution in [3.8, 4) is 0 Å². The lowest BCUT2D eigenvalue weighted by Crippen LogP contribution is -2.43. The molecular formula is C24H48NO4+. The normalized spacial score (nSPS) is 13.8. The fourth-order valence-electron chi connectivity index (χ4n) is 3.73. The Bertz CT molecular complexity index is 431. The van der Waals surface area contributed by atoms with Crippen LogP contribution in [0.5, 0.6) is 0 Å². The second-order valence-corrected chi connectivity index (χ2v) is 9.80. The molecule has 0 saturated heterocycles. The van der Waals surface area contributed by atoms with Gasteiger partial charge in [-0.2, -0.15) is 0 Å². The zero-order valence-corrected chi connectivity index (χ0v) is 19.9. The molecule has 5 nitrogen and oxygen atoms in total. The highest BCUT2D eigenvalue weighted by atomic mass is 16.5. The number of carboxylic acid groups (broad SMARTS) is 1. The number of hydrogen-bond acceptors (Lipinski definition) is 3. The predicted octanol–water partition coefficient (Wildman–Crippen LogP) is 5.81. The molecule has 0 heterocycles. The Hall–Kier alpha value is -1.10. The van der Waals surface area contributed by atoms with Gasteiger partial charge in [-0.15, -0.1) is 0 Å². The van der Waals surface area contributed by atoms with Crippen molar-refractivity contribution in [2.24, 2.45) is 5.92 Å². The number of esters is 1. The van der Waals surface area contributed by atoms with Crippen LogP contribution in [-0.4, -0.2) is 55.3 Å². The number of carbonyl (C=O) groups is 2. The van der Waals surface area contributed by atoms with Gasteiger partial charge in [0.05, 0.1) is 27.6 Å². The molecule has 29 heavy (non-hydrogen) atoms. The highest BCUT2D eigenvalue weighted by Gasteiger charge is 2.24. The molecule has 0 aromatic heterocycles. The first-order chi connectivity index (χ1) is 13.6. The molecule has 2 unspecified atom stereocenters. The third-order valence-electron chi connectivity index (χ3n) is 5.33. The van der Waals surface area contributed by atoms with Crippen molar-refractivity contribution in [1.29, 1.82) is 0 Å². The zero-order chi connectivity index (χ0) is 22.1. The Morgan fingerprint density at radius 2 is 1.38 bits per heavy atom. The van der Waals surface area contributed by atoms with E-state index in [0.717, 1.165) is 25.2 Å². The first-order valence-corrected chi connectivity index (χ1v) is 11.9. The van der Waals surface area contributed by atoms with E-state index in [1.807, 2.05) is 21.1 Å². The Morgan fingerprint density at radius 1 is 0.862 bits per heavy atom. The molecule has 0 aliphatic rings. The predicted molar refractivity (Wildman–Crippen MR) is 120 cm³/mol. The summed E-state index contributed by atoms with van der Waals surface area (Å²) in [7, 11) is 5.90. The van der Waals surface area contributed by atoms with Gasteiger partial charge in [0.25, 0.3) is 0 Å². The number of nitrogens with zero attached hydrogens (tertiary/aromatic N) is 1. The highest BCUT2D eigenvalue weighted by Crippen LogP contribution is 2.18. The Labute approximate surface area is 179 Å². The number of ether oxygens (including phenoxy) is 1. The van der Waals surface area contributed by atoms with Crippen molar-refractivity contribution >= 4 is 11.9 Å². The molecule has 1 N–H and O–H groups in total. The summed E-state index contributed by atoms with van der Waals surface area (Å²) in [4.78, 5) is 23.0. The van der Waals surface area contributed by atoms with Crippen molar-refractivity contribution in [3.05, 3.63) is 0 Å². The number of carboxylic acids is 1. The minimum atomic E-state index is -0.925. The van der Waals surface area contributed by atoms with Gasteiger partial charge in [0.2, 0.25) is 0 Å². The first kappa shape index (κ1) is 27.9. The molecule has 0 saturated carbocycles. The van der Waals surface area contributed by atoms with Gasteiger partial charge in [-0.25, -0.2) is 0 Å². The van der Waals surface area contributed by atoms with Gasteiger partial charge in [0.15, 0.2) is 6.10 Å². The third-order valence-corrected chi connectivity index (χ3v) is 5.33. The van der Waals surface area contributed by atoms with Crippen molar-refractivity contribution in [1.82, 2.24) is 0 Å². The maximum Gasteiger partial charge on any atom is 0.307 e. The van der Waals surface area contributed by atoms with E-state index in [2.05, 4.69) is 13.8 Å². The fraction of sp³-hybridized carbons (Fsp3) is 0.917. The van der Waals surface area contributed by atoms with Crippen LogP contribution in [0.3, 0.4) is 0 Å². The van der Waals surface area contributed by atoms with E-state index in [0.29, 0.717) is 17.4 Å². The molecule has 2 atom stereocenters. The molecule has 0 aromatic carbocycles. The van der Waals surface area contributed by atoms with Gasteiger partial charge in [-0.1, -0.05) is 84.5 Å². The lowest BCUT2D eigenvalue weighted by molar-refractivity contribution is -0.873. The number of aliphatic carboxylic acids is 1. The van der Waals surface area contributed by atoms with Crippen LogP contribution in [0, 0.1) is 5.92 Å². The fourth-order valence-corrected chi connectivity index (χ4v) is 3.73. The molecule has 0 rings (SSSR count). The molecule has 0 bridgehead atoms. The van der Waals surface area contributed by atoms with Crippen LogP contribution < -0.4 is 0 Å². The molecule has 5 heteroatoms. The molecule has 0 radical (unpaired) electrons. The Kier molecular flexibility index (Phi) is 16.0. The SMILES string of the molecule is CCCCCCC(C)CCCCCCCCC(=O)OC(CC(=O)O)C[N+](C)(C)C. The quantitative estimate of drug-likeness (QED) is 0.165. The van der Waals surface area contributed by atoms with Gasteiger partial charge in [0, 0.05) is 6.42 Å². The van der Waals surface area contributed by atoms with E-state index in [9.17, 15) is 9.59 Å². The van der Waals surface area contributed by atoms with E-state index in [-0.39, 0.29) is 12.4 Å². The van der Waals surface area contributed by atoms with E-state index in [4.69, 9.17) is 9.84 Å². The van der Waals surface area contributed by atoms with Crippen molar-refractivity contribution in [3.63, 3.8) is 0 Å². The third kappa shape index (κ3) is 20.0. The van der Waals surface area contributed by atoms with E-state index in [1.165, 1.54) is 57.8 Å². The average molecular weight is 415 g/mol. The second kappa shape index (κ2) is 16.7. The molecule has 0 aromatic rings. The summed E-state index contributed by atoms with van der Waals surface area (Å²) in [5.74, 6) is -0.333. The van der Waals surface area contributed by atoms with Gasteiger partial charge < -0.3 is 14.3 Å². The molecule has 0 aliphatic carbocycles. The van der Waals surface area contributed by atoms with E-state index >= 15 is 0 Å². The topological polar surface area (TPSA) is 63.6 Å². The van der Waals surface area contributed by atoms with Crippen molar-refractivity contribution in [2.45, 2.75) is 110 Å². The van der Waals surface area contributed by atoms with Gasteiger partial charge in [-0.3, -0.25) is 9.59 Å². The Morgan fingerprint density at radius 3 is 1.90 bits per heavy atom. The smallest absolute Gasteiger partial charge is 0.307 e. The Balaban J connectivity index is 3.73. The molecule has 0 fully saturated rings. The maximum atomic E-state index is 12.0. The molecule has 172 valence electrons. The van der Waals surface area contributed by atoms with Crippen LogP contribution in [0.1, 0.15) is 104 Å². The average Bonchev–Trinajstić information content (AvgIpc) is 2.58. The highest BCUT2D eigenvalue weighted by molar-refractivity contribution is 5.71. The van der Waals surface area contributed by atoms with Crippen LogP contribution in [0.2, 0.25) is 0 Å². The maximum absolute atomic E-state index is 12.0. The largest absolute Gasteiger partial charge is 0.481 e. The van der Waals surface area contributed by atoms with Gasteiger partial charge in [0.1, 0.15) is 6.54 Å². The molecule has 0 amide bonds. The van der Waals surface area contributed by atoms with Crippen LogP contribution >= 0.6 is 0 Å². The van der Waals surface area contributed by atoms with E-state index in [1.54, 1.807) is 0 Å². The second-order valence-electron chi connectivity index (χ2n) is 9.80. The summed E-state index contributed by atoms with van der Waals surface area (Å²) in [6, 6.07) is 0. The minimum absolute atomic E-state index is 0.127. The van der Waals surface area contributed by atoms with Crippen LogP contribution in [0.25, 0.3) is 0 Å². The number of hydrogen-bond donors (Lipinski definition) is 1. The summed E-state index contributed by atoms with van der Waals surface area (Å²) >= 11 is 0. The van der Waals surface area contributed by atoms with Crippen molar-refractivity contribution < 1.29 is 23.9 Å². The summed E-state index contributed by atoms with van der Waals surface area (Å²) in [6.07, 6.45) is 14.8. The van der Waals surface area contributed by atoms with Crippen LogP contribution in [-0.2, 0) is 14.3 Å². The van der Waals surface area contributed by atoms with Gasteiger partial charge >= 0.3 is 11.9 Å². The summed E-state index contributed by atoms with van der Waals surface area (Å²) in [6.45, 7) is 5.15. The molecular weight excluding hydrogens is 366 g/mol. The first-order valence-electron chi connectivity index (χ1n) is 11.9. The standard InChI is InChI=1S/C24H47NO4/c1-6-7-8-13-16-21(2)17-14-11-9-10-12-15-18-24(28)29-22(19-23(26)27)20-25(3,4)5/h21-22H,6-20H2,1-5H3/p+1. The molecule has 0 aliphatic heterocycles. The zero-order valence-electron chi connectivity index (χ0n) is 19.9. The number of likely N-dealkylation sites (N-methyl/N-ethyl adjacent to an activating group) is 1. The van der Waals surface area contributed by atoms with Gasteiger partial charge in [-0.05, 0) is 12.3 Å². The summed E-state index contributed by atoms with van der Waals surface area (Å²) in [5, 5.41) is 9.01. The van der Waals surface area contributed by atoms with Crippen LogP contribution in [0.4, 0.5) is 0 Å². The lowest BCUT2D eigenvalue weighted by Gasteiger charge is -2.28. The number of unbranched alkanes of at least 4 members (excludes halogenated alkanes) is 8. The lowest BCUT2D eigenvalue weighted by atomic mass is 9.96. The summed E-state index contributed by atoms with van der Waals surface area (Å²) in [5.41, 5.74) is 0. The van der Waals surface area contributed by atoms with Crippen molar-refractivity contribution in [2.75, 3.05) is 27.7 Å². The summed E-state index contributed by atoms with van der Waals surface area (Å²) < 4.78 is 5.99. The van der Waals surface area contributed by atoms with Crippen LogP contribution in [0.15, 0.2) is 0 Å². The van der Waals surface area contributed by atoms with E-state index < -0.39 is 12.1 Å². The number of quaternary nitrogens is 1. The molecule has 0 spiro atoms. The number of carbonyl (C=O) groups excluding carboxylic acids is 1.